The lowest BCUT2D eigenvalue weighted by atomic mass is 10.2. The molecule has 2 aromatic rings. The molecular weight excluding hydrogens is 226 g/mol. The van der Waals surface area contributed by atoms with Crippen molar-refractivity contribution >= 4 is 22.5 Å². The molecule has 0 radical (unpaired) electrons. The number of nitrogens with one attached hydrogen (secondary N) is 1. The minimum atomic E-state index is 0.0377. The van der Waals surface area contributed by atoms with E-state index in [1.807, 2.05) is 14.0 Å². The summed E-state index contributed by atoms with van der Waals surface area (Å²) < 4.78 is 0. The van der Waals surface area contributed by atoms with Crippen LogP contribution in [0.2, 0.25) is 5.15 Å². The largest absolute Gasteiger partial charge is 0.508 e. The second-order valence-electron chi connectivity index (χ2n) is 3.58. The number of rotatable bonds is 2. The number of nitrogens with zero attached hydrogens (tertiary/aromatic N) is 2. The lowest BCUT2D eigenvalue weighted by Crippen LogP contribution is -2.15. The molecule has 5 heteroatoms. The number of aromatic nitrogens is 2. The van der Waals surface area contributed by atoms with Crippen LogP contribution in [0, 0.1) is 0 Å². The van der Waals surface area contributed by atoms with Crippen LogP contribution in [-0.2, 0) is 0 Å². The lowest BCUT2D eigenvalue weighted by Gasteiger charge is -2.10. The third-order valence-electron chi connectivity index (χ3n) is 2.47. The minimum absolute atomic E-state index is 0.0377. The van der Waals surface area contributed by atoms with E-state index >= 15 is 0 Å². The second kappa shape index (κ2) is 4.23. The number of phenols is 1. The molecule has 1 heterocycles. The van der Waals surface area contributed by atoms with Gasteiger partial charge in [-0.2, -0.15) is 0 Å². The highest BCUT2D eigenvalue weighted by Crippen LogP contribution is 2.25. The molecule has 0 spiro atoms. The summed E-state index contributed by atoms with van der Waals surface area (Å²) in [5, 5.41) is 13.4. The SMILES string of the molecule is CNC(C)c1nc(Cl)c2cc(O)ccc2n1. The fraction of sp³-hybridized carbons (Fsp3) is 0.273. The van der Waals surface area contributed by atoms with Gasteiger partial charge in [-0.25, -0.2) is 9.97 Å². The van der Waals surface area contributed by atoms with Gasteiger partial charge in [-0.3, -0.25) is 0 Å². The number of halogens is 1. The van der Waals surface area contributed by atoms with Crippen LogP contribution in [0.1, 0.15) is 18.8 Å². The Labute approximate surface area is 98.3 Å². The summed E-state index contributed by atoms with van der Waals surface area (Å²) in [4.78, 5) is 8.57. The van der Waals surface area contributed by atoms with Crippen LogP contribution < -0.4 is 5.32 Å². The molecule has 0 saturated carbocycles. The number of hydrogen-bond donors (Lipinski definition) is 2. The number of phenolic OH excluding ortho intramolecular Hbond substituents is 1. The normalized spacial score (nSPS) is 12.9. The fourth-order valence-electron chi connectivity index (χ4n) is 1.42. The van der Waals surface area contributed by atoms with Crippen LogP contribution in [0.5, 0.6) is 5.75 Å². The van der Waals surface area contributed by atoms with Gasteiger partial charge in [0, 0.05) is 5.39 Å². The molecule has 0 fully saturated rings. The van der Waals surface area contributed by atoms with Gasteiger partial charge in [0.1, 0.15) is 16.7 Å². The highest BCUT2D eigenvalue weighted by molar-refractivity contribution is 6.34. The number of fused-ring (bicyclic) bond motifs is 1. The molecule has 0 aliphatic rings. The Bertz CT molecular complexity index is 530. The maximum Gasteiger partial charge on any atom is 0.147 e. The third kappa shape index (κ3) is 1.94. The Balaban J connectivity index is 2.63. The summed E-state index contributed by atoms with van der Waals surface area (Å²) in [5.74, 6) is 0.804. The van der Waals surface area contributed by atoms with Crippen LogP contribution in [-0.4, -0.2) is 22.1 Å². The van der Waals surface area contributed by atoms with Gasteiger partial charge in [-0.05, 0) is 32.2 Å². The summed E-state index contributed by atoms with van der Waals surface area (Å²) in [6.07, 6.45) is 0. The average Bonchev–Trinajstić information content (AvgIpc) is 2.28. The molecular formula is C11H12ClN3O. The topological polar surface area (TPSA) is 58.0 Å². The van der Waals surface area contributed by atoms with Crippen LogP contribution >= 0.6 is 11.6 Å². The number of aromatic hydroxyl groups is 1. The Morgan fingerprint density at radius 2 is 2.12 bits per heavy atom. The van der Waals surface area contributed by atoms with E-state index in [4.69, 9.17) is 11.6 Å². The molecule has 0 amide bonds. The molecule has 0 aliphatic carbocycles. The van der Waals surface area contributed by atoms with Gasteiger partial charge in [-0.1, -0.05) is 11.6 Å². The zero-order valence-electron chi connectivity index (χ0n) is 9.03. The van der Waals surface area contributed by atoms with Crippen molar-refractivity contribution in [1.82, 2.24) is 15.3 Å². The van der Waals surface area contributed by atoms with Crippen molar-refractivity contribution in [2.45, 2.75) is 13.0 Å². The Morgan fingerprint density at radius 1 is 1.38 bits per heavy atom. The van der Waals surface area contributed by atoms with Crippen LogP contribution in [0.3, 0.4) is 0 Å². The molecule has 16 heavy (non-hydrogen) atoms. The highest BCUT2D eigenvalue weighted by Gasteiger charge is 2.10. The van der Waals surface area contributed by atoms with Gasteiger partial charge < -0.3 is 10.4 Å². The van der Waals surface area contributed by atoms with E-state index in [0.29, 0.717) is 16.4 Å². The quantitative estimate of drug-likeness (QED) is 0.787. The zero-order valence-corrected chi connectivity index (χ0v) is 9.78. The van der Waals surface area contributed by atoms with E-state index in [2.05, 4.69) is 15.3 Å². The Hall–Kier alpha value is -1.39. The minimum Gasteiger partial charge on any atom is -0.508 e. The first-order valence-electron chi connectivity index (χ1n) is 4.95. The summed E-state index contributed by atoms with van der Waals surface area (Å²) in [6.45, 7) is 1.96. The first-order valence-corrected chi connectivity index (χ1v) is 5.33. The van der Waals surface area contributed by atoms with Crippen molar-refractivity contribution in [1.29, 1.82) is 0 Å². The van der Waals surface area contributed by atoms with E-state index in [0.717, 1.165) is 5.52 Å². The molecule has 1 aromatic heterocycles. The van der Waals surface area contributed by atoms with Gasteiger partial charge in [0.15, 0.2) is 0 Å². The second-order valence-corrected chi connectivity index (χ2v) is 3.94. The van der Waals surface area contributed by atoms with Gasteiger partial charge in [-0.15, -0.1) is 0 Å². The molecule has 1 aromatic carbocycles. The van der Waals surface area contributed by atoms with Gasteiger partial charge in [0.05, 0.1) is 11.6 Å². The van der Waals surface area contributed by atoms with E-state index < -0.39 is 0 Å². The molecule has 0 saturated heterocycles. The molecule has 0 bridgehead atoms. The van der Waals surface area contributed by atoms with E-state index in [9.17, 15) is 5.11 Å². The maximum atomic E-state index is 9.35. The molecule has 2 rings (SSSR count). The van der Waals surface area contributed by atoms with E-state index in [-0.39, 0.29) is 11.8 Å². The predicted molar refractivity (Wildman–Crippen MR) is 63.7 cm³/mol. The lowest BCUT2D eigenvalue weighted by molar-refractivity contribution is 0.476. The summed E-state index contributed by atoms with van der Waals surface area (Å²) in [7, 11) is 1.84. The standard InChI is InChI=1S/C11H12ClN3O/c1-6(13-2)11-14-9-4-3-7(16)5-8(9)10(12)15-11/h3-6,13,16H,1-2H3. The fourth-order valence-corrected chi connectivity index (χ4v) is 1.66. The molecule has 0 aliphatic heterocycles. The number of benzene rings is 1. The molecule has 2 N–H and O–H groups in total. The first-order chi connectivity index (χ1) is 7.61. The van der Waals surface area contributed by atoms with Gasteiger partial charge in [0.25, 0.3) is 0 Å². The van der Waals surface area contributed by atoms with Crippen LogP contribution in [0.25, 0.3) is 10.9 Å². The Morgan fingerprint density at radius 3 is 2.81 bits per heavy atom. The first kappa shape index (κ1) is 11.1. The van der Waals surface area contributed by atoms with Gasteiger partial charge in [0.2, 0.25) is 0 Å². The smallest absolute Gasteiger partial charge is 0.147 e. The third-order valence-corrected chi connectivity index (χ3v) is 2.76. The molecule has 1 unspecified atom stereocenters. The zero-order chi connectivity index (χ0) is 11.7. The van der Waals surface area contributed by atoms with Crippen molar-refractivity contribution in [2.75, 3.05) is 7.05 Å². The summed E-state index contributed by atoms with van der Waals surface area (Å²) in [6, 6.07) is 4.91. The molecule has 4 nitrogen and oxygen atoms in total. The van der Waals surface area contributed by atoms with Crippen LogP contribution in [0.4, 0.5) is 0 Å². The van der Waals surface area contributed by atoms with Crippen LogP contribution in [0.15, 0.2) is 18.2 Å². The average molecular weight is 238 g/mol. The monoisotopic (exact) mass is 237 g/mol. The van der Waals surface area contributed by atoms with E-state index in [1.54, 1.807) is 18.2 Å². The maximum absolute atomic E-state index is 9.35. The molecule has 1 atom stereocenters. The summed E-state index contributed by atoms with van der Waals surface area (Å²) >= 11 is 6.05. The highest BCUT2D eigenvalue weighted by atomic mass is 35.5. The van der Waals surface area contributed by atoms with Crippen molar-refractivity contribution in [3.05, 3.63) is 29.2 Å². The Kier molecular flexibility index (Phi) is 2.94. The number of hydrogen-bond acceptors (Lipinski definition) is 4. The van der Waals surface area contributed by atoms with Crippen molar-refractivity contribution in [3.8, 4) is 5.75 Å². The summed E-state index contributed by atoms with van der Waals surface area (Å²) in [5.41, 5.74) is 0.731. The van der Waals surface area contributed by atoms with Crippen molar-refractivity contribution in [2.24, 2.45) is 0 Å². The van der Waals surface area contributed by atoms with Crippen molar-refractivity contribution < 1.29 is 5.11 Å². The van der Waals surface area contributed by atoms with Gasteiger partial charge >= 0.3 is 0 Å². The van der Waals surface area contributed by atoms with Crippen molar-refractivity contribution in [3.63, 3.8) is 0 Å². The van der Waals surface area contributed by atoms with E-state index in [1.165, 1.54) is 0 Å². The predicted octanol–water partition coefficient (Wildman–Crippen LogP) is 2.27. The molecule has 84 valence electrons.